The largest absolute Gasteiger partial charge is 0.495 e. The molecule has 0 aliphatic carbocycles. The number of anilines is 2. The number of amides is 2. The van der Waals surface area contributed by atoms with E-state index in [0.717, 1.165) is 5.56 Å². The standard InChI is InChI=1S/C22H18N4O3/c1-14-3-8-20(29-2)18(11-14)26-22(28)19-12-16(9-10-24-19)21(27)25-17-6-4-15(13-23)5-7-17/h3-12H,1-2H3,(H,25,27)(H,26,28). The van der Waals surface area contributed by atoms with Crippen LogP contribution in [0.2, 0.25) is 0 Å². The second kappa shape index (κ2) is 8.67. The Morgan fingerprint density at radius 2 is 1.76 bits per heavy atom. The van der Waals surface area contributed by atoms with Crippen molar-refractivity contribution >= 4 is 23.2 Å². The number of carbonyl (C=O) groups is 2. The van der Waals surface area contributed by atoms with E-state index in [1.807, 2.05) is 19.1 Å². The third-order valence-electron chi connectivity index (χ3n) is 4.13. The molecule has 0 bridgehead atoms. The van der Waals surface area contributed by atoms with Crippen molar-refractivity contribution in [2.45, 2.75) is 6.92 Å². The van der Waals surface area contributed by atoms with Crippen LogP contribution in [-0.4, -0.2) is 23.9 Å². The molecule has 0 saturated carbocycles. The number of nitrogens with one attached hydrogen (secondary N) is 2. The molecule has 0 aliphatic heterocycles. The van der Waals surface area contributed by atoms with Gasteiger partial charge in [0.15, 0.2) is 0 Å². The fraction of sp³-hybridized carbons (Fsp3) is 0.0909. The first-order valence-electron chi connectivity index (χ1n) is 8.73. The van der Waals surface area contributed by atoms with E-state index in [4.69, 9.17) is 10.00 Å². The van der Waals surface area contributed by atoms with Crippen LogP contribution in [0.4, 0.5) is 11.4 Å². The summed E-state index contributed by atoms with van der Waals surface area (Å²) in [7, 11) is 1.52. The Morgan fingerprint density at radius 1 is 1.00 bits per heavy atom. The summed E-state index contributed by atoms with van der Waals surface area (Å²) in [6.07, 6.45) is 1.40. The van der Waals surface area contributed by atoms with Crippen LogP contribution in [0, 0.1) is 18.3 Å². The number of carbonyl (C=O) groups excluding carboxylic acids is 2. The van der Waals surface area contributed by atoms with Crippen molar-refractivity contribution < 1.29 is 14.3 Å². The third-order valence-corrected chi connectivity index (χ3v) is 4.13. The average Bonchev–Trinajstić information content (AvgIpc) is 2.74. The molecule has 0 saturated heterocycles. The highest BCUT2D eigenvalue weighted by molar-refractivity contribution is 6.08. The molecule has 0 radical (unpaired) electrons. The summed E-state index contributed by atoms with van der Waals surface area (Å²) in [5, 5.41) is 14.3. The van der Waals surface area contributed by atoms with Gasteiger partial charge in [-0.25, -0.2) is 0 Å². The van der Waals surface area contributed by atoms with Gasteiger partial charge >= 0.3 is 0 Å². The predicted molar refractivity (Wildman–Crippen MR) is 109 cm³/mol. The lowest BCUT2D eigenvalue weighted by Gasteiger charge is -2.11. The van der Waals surface area contributed by atoms with E-state index in [-0.39, 0.29) is 17.2 Å². The molecule has 0 spiro atoms. The number of pyridine rings is 1. The van der Waals surface area contributed by atoms with Crippen molar-refractivity contribution in [1.29, 1.82) is 5.26 Å². The Kier molecular flexibility index (Phi) is 5.85. The molecule has 3 aromatic rings. The second-order valence-corrected chi connectivity index (χ2v) is 6.23. The summed E-state index contributed by atoms with van der Waals surface area (Å²) < 4.78 is 5.26. The fourth-order valence-electron chi connectivity index (χ4n) is 2.63. The van der Waals surface area contributed by atoms with Crippen LogP contribution in [-0.2, 0) is 0 Å². The number of aromatic nitrogens is 1. The quantitative estimate of drug-likeness (QED) is 0.694. The molecule has 0 fully saturated rings. The van der Waals surface area contributed by atoms with Crippen LogP contribution in [0.5, 0.6) is 5.75 Å². The number of aryl methyl sites for hydroxylation is 1. The van der Waals surface area contributed by atoms with Gasteiger partial charge in [-0.1, -0.05) is 6.07 Å². The molecule has 2 N–H and O–H groups in total. The van der Waals surface area contributed by atoms with E-state index < -0.39 is 5.91 Å². The molecule has 0 aliphatic rings. The van der Waals surface area contributed by atoms with Gasteiger partial charge < -0.3 is 15.4 Å². The highest BCUT2D eigenvalue weighted by atomic mass is 16.5. The zero-order chi connectivity index (χ0) is 20.8. The highest BCUT2D eigenvalue weighted by Gasteiger charge is 2.14. The molecule has 0 atom stereocenters. The van der Waals surface area contributed by atoms with Gasteiger partial charge in [0, 0.05) is 17.4 Å². The van der Waals surface area contributed by atoms with Crippen LogP contribution in [0.1, 0.15) is 32.0 Å². The molecule has 3 rings (SSSR count). The summed E-state index contributed by atoms with van der Waals surface area (Å²) in [5.74, 6) is -0.320. The SMILES string of the molecule is COc1ccc(C)cc1NC(=O)c1cc(C(=O)Nc2ccc(C#N)cc2)ccn1. The molecule has 144 valence electrons. The Balaban J connectivity index is 1.76. The third kappa shape index (κ3) is 4.76. The van der Waals surface area contributed by atoms with Crippen molar-refractivity contribution in [3.8, 4) is 11.8 Å². The number of nitriles is 1. The molecule has 2 amide bonds. The van der Waals surface area contributed by atoms with Crippen molar-refractivity contribution in [3.05, 3.63) is 83.2 Å². The van der Waals surface area contributed by atoms with Gasteiger partial charge in [0.1, 0.15) is 11.4 Å². The summed E-state index contributed by atoms with van der Waals surface area (Å²) in [5.41, 5.74) is 2.90. The highest BCUT2D eigenvalue weighted by Crippen LogP contribution is 2.25. The molecule has 0 unspecified atom stereocenters. The first kappa shape index (κ1) is 19.6. The van der Waals surface area contributed by atoms with E-state index in [1.54, 1.807) is 36.4 Å². The number of benzene rings is 2. The lowest BCUT2D eigenvalue weighted by molar-refractivity contribution is 0.102. The van der Waals surface area contributed by atoms with Crippen LogP contribution < -0.4 is 15.4 Å². The summed E-state index contributed by atoms with van der Waals surface area (Å²) in [6, 6.07) is 16.9. The summed E-state index contributed by atoms with van der Waals surface area (Å²) in [6.45, 7) is 1.90. The Hall–Kier alpha value is -4.18. The zero-order valence-electron chi connectivity index (χ0n) is 15.9. The number of hydrogen-bond donors (Lipinski definition) is 2. The minimum atomic E-state index is -0.457. The zero-order valence-corrected chi connectivity index (χ0v) is 15.9. The number of nitrogens with zero attached hydrogens (tertiary/aromatic N) is 2. The van der Waals surface area contributed by atoms with Crippen molar-refractivity contribution in [3.63, 3.8) is 0 Å². The molecule has 7 nitrogen and oxygen atoms in total. The van der Waals surface area contributed by atoms with Crippen molar-refractivity contribution in [1.82, 2.24) is 4.98 Å². The lowest BCUT2D eigenvalue weighted by Crippen LogP contribution is -2.17. The van der Waals surface area contributed by atoms with Gasteiger partial charge in [-0.2, -0.15) is 5.26 Å². The van der Waals surface area contributed by atoms with Gasteiger partial charge in [0.2, 0.25) is 0 Å². The van der Waals surface area contributed by atoms with Crippen LogP contribution in [0.3, 0.4) is 0 Å². The maximum Gasteiger partial charge on any atom is 0.274 e. The molecule has 7 heteroatoms. The van der Waals surface area contributed by atoms with Crippen LogP contribution in [0.25, 0.3) is 0 Å². The minimum Gasteiger partial charge on any atom is -0.495 e. The summed E-state index contributed by atoms with van der Waals surface area (Å²) >= 11 is 0. The van der Waals surface area contributed by atoms with Crippen molar-refractivity contribution in [2.75, 3.05) is 17.7 Å². The smallest absolute Gasteiger partial charge is 0.274 e. The van der Waals surface area contributed by atoms with E-state index in [1.165, 1.54) is 25.4 Å². The number of rotatable bonds is 5. The van der Waals surface area contributed by atoms with Gasteiger partial charge in [0.25, 0.3) is 11.8 Å². The molecule has 1 heterocycles. The molecule has 2 aromatic carbocycles. The lowest BCUT2D eigenvalue weighted by atomic mass is 10.1. The maximum absolute atomic E-state index is 12.6. The van der Waals surface area contributed by atoms with Gasteiger partial charge in [-0.3, -0.25) is 14.6 Å². The maximum atomic E-state index is 12.6. The van der Waals surface area contributed by atoms with E-state index >= 15 is 0 Å². The monoisotopic (exact) mass is 386 g/mol. The molecular formula is C22H18N4O3. The van der Waals surface area contributed by atoms with Crippen LogP contribution >= 0.6 is 0 Å². The molecular weight excluding hydrogens is 368 g/mol. The fourth-order valence-corrected chi connectivity index (χ4v) is 2.63. The van der Waals surface area contributed by atoms with Crippen LogP contribution in [0.15, 0.2) is 60.8 Å². The van der Waals surface area contributed by atoms with Gasteiger partial charge in [-0.05, 0) is 61.0 Å². The average molecular weight is 386 g/mol. The Morgan fingerprint density at radius 3 is 2.45 bits per heavy atom. The second-order valence-electron chi connectivity index (χ2n) is 6.23. The van der Waals surface area contributed by atoms with E-state index in [2.05, 4.69) is 15.6 Å². The van der Waals surface area contributed by atoms with Gasteiger partial charge in [-0.15, -0.1) is 0 Å². The Labute approximate surface area is 168 Å². The number of methoxy groups -OCH3 is 1. The van der Waals surface area contributed by atoms with E-state index in [0.29, 0.717) is 22.7 Å². The van der Waals surface area contributed by atoms with E-state index in [9.17, 15) is 9.59 Å². The predicted octanol–water partition coefficient (Wildman–Crippen LogP) is 3.77. The minimum absolute atomic E-state index is 0.0982. The molecule has 1 aromatic heterocycles. The molecule has 29 heavy (non-hydrogen) atoms. The first-order valence-corrected chi connectivity index (χ1v) is 8.73. The summed E-state index contributed by atoms with van der Waals surface area (Å²) in [4.78, 5) is 29.2. The topological polar surface area (TPSA) is 104 Å². The first-order chi connectivity index (χ1) is 14.0. The normalized spacial score (nSPS) is 9.97. The van der Waals surface area contributed by atoms with Gasteiger partial charge in [0.05, 0.1) is 24.4 Å². The Bertz CT molecular complexity index is 1100. The number of hydrogen-bond acceptors (Lipinski definition) is 5. The van der Waals surface area contributed by atoms with Crippen molar-refractivity contribution in [2.24, 2.45) is 0 Å². The number of ether oxygens (including phenoxy) is 1.